The van der Waals surface area contributed by atoms with Gasteiger partial charge in [0.15, 0.2) is 0 Å². The molecule has 0 atom stereocenters. The van der Waals surface area contributed by atoms with Crippen LogP contribution >= 0.6 is 7.82 Å². The molecule has 0 aliphatic heterocycles. The SMILES string of the molecule is CCCCCCCCCCCCCCCCCCCCCCCCCCCCCCCCCCCCCCOP(=O)(O)O. The second-order valence-corrected chi connectivity index (χ2v) is 14.9. The highest BCUT2D eigenvalue weighted by molar-refractivity contribution is 7.46. The van der Waals surface area contributed by atoms with Gasteiger partial charge in [-0.25, -0.2) is 4.57 Å². The van der Waals surface area contributed by atoms with Crippen molar-refractivity contribution >= 4 is 7.82 Å². The second-order valence-electron chi connectivity index (χ2n) is 13.7. The van der Waals surface area contributed by atoms with Crippen molar-refractivity contribution in [3.8, 4) is 0 Å². The third-order valence-electron chi connectivity index (χ3n) is 9.26. The van der Waals surface area contributed by atoms with Crippen LogP contribution < -0.4 is 0 Å². The first-order chi connectivity index (χ1) is 21.1. The van der Waals surface area contributed by atoms with Gasteiger partial charge in [0.2, 0.25) is 0 Å². The number of hydrogen-bond donors (Lipinski definition) is 2. The van der Waals surface area contributed by atoms with Crippen molar-refractivity contribution in [3.05, 3.63) is 0 Å². The molecule has 0 aromatic rings. The Kier molecular flexibility index (Phi) is 36.7. The van der Waals surface area contributed by atoms with Crippen molar-refractivity contribution in [3.63, 3.8) is 0 Å². The molecule has 260 valence electrons. The van der Waals surface area contributed by atoms with Crippen LogP contribution in [0.15, 0.2) is 0 Å². The van der Waals surface area contributed by atoms with Gasteiger partial charge in [-0.2, -0.15) is 0 Å². The summed E-state index contributed by atoms with van der Waals surface area (Å²) in [4.78, 5) is 17.3. The van der Waals surface area contributed by atoms with Crippen molar-refractivity contribution in [2.75, 3.05) is 6.61 Å². The zero-order valence-corrected chi connectivity index (χ0v) is 30.2. The van der Waals surface area contributed by atoms with E-state index >= 15 is 0 Å². The molecule has 2 N–H and O–H groups in total. The van der Waals surface area contributed by atoms with Crippen molar-refractivity contribution in [1.29, 1.82) is 0 Å². The molecule has 0 spiro atoms. The average molecular weight is 631 g/mol. The number of rotatable bonds is 38. The number of hydrogen-bond acceptors (Lipinski definition) is 2. The minimum atomic E-state index is -4.27. The van der Waals surface area contributed by atoms with Gasteiger partial charge in [-0.1, -0.05) is 232 Å². The van der Waals surface area contributed by atoms with E-state index in [4.69, 9.17) is 9.79 Å². The molecule has 0 saturated carbocycles. The first-order valence-corrected chi connectivity index (χ1v) is 21.3. The Morgan fingerprint density at radius 3 is 0.651 bits per heavy atom. The van der Waals surface area contributed by atoms with E-state index in [-0.39, 0.29) is 6.61 Å². The summed E-state index contributed by atoms with van der Waals surface area (Å²) in [5.74, 6) is 0. The summed E-state index contributed by atoms with van der Waals surface area (Å²) in [6.45, 7) is 2.47. The maximum atomic E-state index is 10.6. The van der Waals surface area contributed by atoms with Crippen LogP contribution in [0.2, 0.25) is 0 Å². The summed E-state index contributed by atoms with van der Waals surface area (Å²) in [5.41, 5.74) is 0. The highest BCUT2D eigenvalue weighted by Gasteiger charge is 2.12. The lowest BCUT2D eigenvalue weighted by Gasteiger charge is -2.05. The summed E-state index contributed by atoms with van der Waals surface area (Å²) in [5, 5.41) is 0. The standard InChI is InChI=1S/C38H79O4P/c1-2-3-4-5-6-7-8-9-10-11-12-13-14-15-16-17-18-19-20-21-22-23-24-25-26-27-28-29-30-31-32-33-34-35-36-37-38-42-43(39,40)41/h2-38H2,1H3,(H2,39,40,41). The van der Waals surface area contributed by atoms with Gasteiger partial charge in [-0.05, 0) is 6.42 Å². The summed E-state index contributed by atoms with van der Waals surface area (Å²) in [7, 11) is -4.27. The summed E-state index contributed by atoms with van der Waals surface area (Å²) < 4.78 is 15.1. The Bertz CT molecular complexity index is 550. The second kappa shape index (κ2) is 36.6. The third kappa shape index (κ3) is 42.1. The van der Waals surface area contributed by atoms with Crippen LogP contribution in [0.3, 0.4) is 0 Å². The Morgan fingerprint density at radius 2 is 0.488 bits per heavy atom. The molecule has 43 heavy (non-hydrogen) atoms. The highest BCUT2D eigenvalue weighted by Crippen LogP contribution is 2.35. The van der Waals surface area contributed by atoms with Crippen molar-refractivity contribution in [1.82, 2.24) is 0 Å². The molecule has 0 saturated heterocycles. The quantitative estimate of drug-likeness (QED) is 0.0526. The first-order valence-electron chi connectivity index (χ1n) is 19.8. The van der Waals surface area contributed by atoms with Gasteiger partial charge in [0.25, 0.3) is 0 Å². The van der Waals surface area contributed by atoms with Crippen molar-refractivity contribution in [2.45, 2.75) is 238 Å². The van der Waals surface area contributed by atoms with Crippen molar-refractivity contribution < 1.29 is 18.9 Å². The highest BCUT2D eigenvalue weighted by atomic mass is 31.2. The monoisotopic (exact) mass is 631 g/mol. The number of unbranched alkanes of at least 4 members (excludes halogenated alkanes) is 35. The van der Waals surface area contributed by atoms with Gasteiger partial charge in [0.1, 0.15) is 0 Å². The molecule has 0 amide bonds. The summed E-state index contributed by atoms with van der Waals surface area (Å²) >= 11 is 0. The third-order valence-corrected chi connectivity index (χ3v) is 9.78. The van der Waals surface area contributed by atoms with Gasteiger partial charge < -0.3 is 9.79 Å². The van der Waals surface area contributed by atoms with E-state index < -0.39 is 7.82 Å². The summed E-state index contributed by atoms with van der Waals surface area (Å²) in [6.07, 6.45) is 50.3. The predicted molar refractivity (Wildman–Crippen MR) is 190 cm³/mol. The average Bonchev–Trinajstić information content (AvgIpc) is 2.98. The molecule has 0 radical (unpaired) electrons. The minimum Gasteiger partial charge on any atom is -0.303 e. The maximum absolute atomic E-state index is 10.6. The topological polar surface area (TPSA) is 66.8 Å². The molecule has 0 fully saturated rings. The minimum absolute atomic E-state index is 0.171. The van der Waals surface area contributed by atoms with E-state index in [0.29, 0.717) is 0 Å². The zero-order chi connectivity index (χ0) is 31.4. The summed E-state index contributed by atoms with van der Waals surface area (Å²) in [6, 6.07) is 0. The van der Waals surface area contributed by atoms with E-state index in [1.165, 1.54) is 212 Å². The predicted octanol–water partition coefficient (Wildman–Crippen LogP) is 14.2. The molecule has 0 aliphatic carbocycles. The Labute approximate surface area is 270 Å². The van der Waals surface area contributed by atoms with Gasteiger partial charge in [-0.3, -0.25) is 4.52 Å². The van der Waals surface area contributed by atoms with E-state index in [2.05, 4.69) is 11.4 Å². The van der Waals surface area contributed by atoms with Crippen LogP contribution in [0.1, 0.15) is 238 Å². The van der Waals surface area contributed by atoms with Gasteiger partial charge in [0, 0.05) is 0 Å². The van der Waals surface area contributed by atoms with Crippen LogP contribution in [0.4, 0.5) is 0 Å². The molecule has 0 aliphatic rings. The molecule has 0 bridgehead atoms. The molecular weight excluding hydrogens is 551 g/mol. The van der Waals surface area contributed by atoms with Gasteiger partial charge in [-0.15, -0.1) is 0 Å². The Balaban J connectivity index is 3.05. The van der Waals surface area contributed by atoms with E-state index in [1.807, 2.05) is 0 Å². The maximum Gasteiger partial charge on any atom is 0.469 e. The molecule has 0 unspecified atom stereocenters. The molecule has 4 nitrogen and oxygen atoms in total. The number of phosphoric ester groups is 1. The van der Waals surface area contributed by atoms with Crippen LogP contribution in [-0.2, 0) is 9.09 Å². The van der Waals surface area contributed by atoms with E-state index in [1.54, 1.807) is 0 Å². The zero-order valence-electron chi connectivity index (χ0n) is 29.3. The fourth-order valence-electron chi connectivity index (χ4n) is 6.37. The van der Waals surface area contributed by atoms with Crippen LogP contribution in [0.5, 0.6) is 0 Å². The largest absolute Gasteiger partial charge is 0.469 e. The van der Waals surface area contributed by atoms with Crippen molar-refractivity contribution in [2.24, 2.45) is 0 Å². The van der Waals surface area contributed by atoms with Crippen LogP contribution in [-0.4, -0.2) is 16.4 Å². The van der Waals surface area contributed by atoms with E-state index in [9.17, 15) is 4.57 Å². The molecule has 5 heteroatoms. The smallest absolute Gasteiger partial charge is 0.303 e. The normalized spacial score (nSPS) is 12.0. The first kappa shape index (κ1) is 43.1. The molecular formula is C38H79O4P. The lowest BCUT2D eigenvalue weighted by Crippen LogP contribution is -1.92. The lowest BCUT2D eigenvalue weighted by molar-refractivity contribution is 0.193. The van der Waals surface area contributed by atoms with Gasteiger partial charge in [0.05, 0.1) is 6.61 Å². The number of phosphoric acid groups is 1. The van der Waals surface area contributed by atoms with Crippen LogP contribution in [0, 0.1) is 0 Å². The molecule has 0 aromatic carbocycles. The van der Waals surface area contributed by atoms with E-state index in [0.717, 1.165) is 19.3 Å². The molecule has 0 heterocycles. The lowest BCUT2D eigenvalue weighted by atomic mass is 10.0. The molecule has 0 rings (SSSR count). The Morgan fingerprint density at radius 1 is 0.326 bits per heavy atom. The van der Waals surface area contributed by atoms with Crippen LogP contribution in [0.25, 0.3) is 0 Å². The fourth-order valence-corrected chi connectivity index (χ4v) is 6.74. The fraction of sp³-hybridized carbons (Fsp3) is 1.00. The Hall–Kier alpha value is 0.110. The molecule has 0 aromatic heterocycles. The van der Waals surface area contributed by atoms with Gasteiger partial charge >= 0.3 is 7.82 Å².